The first-order valence-corrected chi connectivity index (χ1v) is 14.3. The van der Waals surface area contributed by atoms with Crippen LogP contribution in [0.3, 0.4) is 0 Å². The second-order valence-electron chi connectivity index (χ2n) is 10.7. The van der Waals surface area contributed by atoms with Gasteiger partial charge in [0.1, 0.15) is 5.82 Å². The van der Waals surface area contributed by atoms with E-state index >= 15 is 0 Å². The fourth-order valence-electron chi connectivity index (χ4n) is 6.30. The topological polar surface area (TPSA) is 110 Å². The van der Waals surface area contributed by atoms with Crippen molar-refractivity contribution in [1.82, 2.24) is 29.5 Å². The molecule has 0 spiro atoms. The van der Waals surface area contributed by atoms with Crippen LogP contribution in [-0.2, 0) is 11.2 Å². The minimum atomic E-state index is -0.243. The van der Waals surface area contributed by atoms with Crippen LogP contribution in [0.5, 0.6) is 0 Å². The Kier molecular flexibility index (Phi) is 5.48. The number of amides is 1. The van der Waals surface area contributed by atoms with Crippen LogP contribution in [-0.4, -0.2) is 35.4 Å². The average molecular weight is 605 g/mol. The number of fused-ring (bicyclic) bond motifs is 4. The van der Waals surface area contributed by atoms with Crippen molar-refractivity contribution in [2.24, 2.45) is 5.92 Å². The van der Waals surface area contributed by atoms with E-state index in [0.29, 0.717) is 40.2 Å². The van der Waals surface area contributed by atoms with E-state index in [4.69, 9.17) is 39.8 Å². The van der Waals surface area contributed by atoms with E-state index in [1.54, 1.807) is 23.0 Å². The predicted molar refractivity (Wildman–Crippen MR) is 156 cm³/mol. The van der Waals surface area contributed by atoms with Gasteiger partial charge < -0.3 is 14.9 Å². The number of H-pyrrole nitrogens is 1. The first kappa shape index (κ1) is 24.8. The predicted octanol–water partition coefficient (Wildman–Crippen LogP) is 6.04. The summed E-state index contributed by atoms with van der Waals surface area (Å²) in [5.74, 6) is 1.18. The number of carbonyl (C=O) groups excluding carboxylic acids is 1. The smallest absolute Gasteiger partial charge is 0.252 e. The summed E-state index contributed by atoms with van der Waals surface area (Å²) < 4.78 is 3.41. The van der Waals surface area contributed by atoms with E-state index in [-0.39, 0.29) is 34.5 Å². The van der Waals surface area contributed by atoms with Crippen LogP contribution in [0.15, 0.2) is 59.5 Å². The Bertz CT molecular complexity index is 1980. The summed E-state index contributed by atoms with van der Waals surface area (Å²) in [4.78, 5) is 33.6. The highest BCUT2D eigenvalue weighted by Crippen LogP contribution is 2.60. The number of halogens is 3. The summed E-state index contributed by atoms with van der Waals surface area (Å²) in [6.07, 6.45) is 3.69. The number of hydrogen-bond donors (Lipinski definition) is 2. The summed E-state index contributed by atoms with van der Waals surface area (Å²) in [5, 5.41) is 12.1. The maximum Gasteiger partial charge on any atom is 0.252 e. The van der Waals surface area contributed by atoms with E-state index in [2.05, 4.69) is 26.7 Å². The third kappa shape index (κ3) is 4.02. The van der Waals surface area contributed by atoms with Crippen LogP contribution in [0, 0.1) is 5.92 Å². The van der Waals surface area contributed by atoms with Crippen molar-refractivity contribution in [1.29, 1.82) is 0 Å². The van der Waals surface area contributed by atoms with Crippen LogP contribution in [0.1, 0.15) is 41.9 Å². The van der Waals surface area contributed by atoms with Gasteiger partial charge in [-0.15, -0.1) is 5.10 Å². The molecule has 0 radical (unpaired) electrons. The fourth-order valence-corrected chi connectivity index (χ4v) is 6.85. The van der Waals surface area contributed by atoms with E-state index in [9.17, 15) is 9.59 Å². The number of aryl methyl sites for hydroxylation is 1. The Labute approximate surface area is 248 Å². The molecule has 204 valence electrons. The lowest BCUT2D eigenvalue weighted by atomic mass is 9.99. The highest BCUT2D eigenvalue weighted by atomic mass is 35.5. The van der Waals surface area contributed by atoms with Gasteiger partial charge in [-0.05, 0) is 66.3 Å². The number of nitrogens with one attached hydrogen (secondary N) is 2. The van der Waals surface area contributed by atoms with Crippen molar-refractivity contribution in [3.63, 3.8) is 0 Å². The molecule has 0 bridgehead atoms. The van der Waals surface area contributed by atoms with Gasteiger partial charge in [0, 0.05) is 45.9 Å². The summed E-state index contributed by atoms with van der Waals surface area (Å²) >= 11 is 19.0. The molecule has 2 aliphatic heterocycles. The molecule has 9 nitrogen and oxygen atoms in total. The summed E-state index contributed by atoms with van der Waals surface area (Å²) in [5.41, 5.74) is 6.52. The van der Waals surface area contributed by atoms with E-state index in [1.165, 1.54) is 0 Å². The lowest BCUT2D eigenvalue weighted by Gasteiger charge is -2.18. The molecular formula is C29H20Cl3N7O2. The molecular weight excluding hydrogens is 585 g/mol. The molecule has 5 aromatic rings. The van der Waals surface area contributed by atoms with Gasteiger partial charge in [0.25, 0.3) is 5.56 Å². The largest absolute Gasteiger partial charge is 0.339 e. The molecule has 41 heavy (non-hydrogen) atoms. The highest BCUT2D eigenvalue weighted by molar-refractivity contribution is 6.32. The number of benzene rings is 2. The zero-order valence-electron chi connectivity index (χ0n) is 21.2. The van der Waals surface area contributed by atoms with Gasteiger partial charge in [0.15, 0.2) is 10.3 Å². The van der Waals surface area contributed by atoms with Crippen LogP contribution < -0.4 is 10.9 Å². The van der Waals surface area contributed by atoms with Crippen molar-refractivity contribution < 1.29 is 4.79 Å². The molecule has 3 aromatic heterocycles. The molecule has 1 amide bonds. The Morgan fingerprint density at radius 3 is 2.66 bits per heavy atom. The summed E-state index contributed by atoms with van der Waals surface area (Å²) in [6, 6.07) is 14.7. The molecule has 5 heterocycles. The van der Waals surface area contributed by atoms with Crippen molar-refractivity contribution in [3.8, 4) is 28.1 Å². The van der Waals surface area contributed by atoms with Crippen LogP contribution in [0.4, 0.5) is 5.69 Å². The molecule has 1 fully saturated rings. The lowest BCUT2D eigenvalue weighted by molar-refractivity contribution is -0.116. The van der Waals surface area contributed by atoms with E-state index in [1.807, 2.05) is 34.9 Å². The Morgan fingerprint density at radius 2 is 1.83 bits per heavy atom. The first-order chi connectivity index (χ1) is 19.8. The maximum atomic E-state index is 13.7. The van der Waals surface area contributed by atoms with Crippen molar-refractivity contribution in [3.05, 3.63) is 97.5 Å². The number of imidazole rings is 1. The summed E-state index contributed by atoms with van der Waals surface area (Å²) in [7, 11) is 0. The van der Waals surface area contributed by atoms with Crippen molar-refractivity contribution in [2.75, 3.05) is 5.32 Å². The number of hydrogen-bond acceptors (Lipinski definition) is 5. The van der Waals surface area contributed by atoms with Gasteiger partial charge in [-0.2, -0.15) is 0 Å². The molecule has 1 saturated carbocycles. The Balaban J connectivity index is 1.19. The quantitative estimate of drug-likeness (QED) is 0.260. The number of aromatic amines is 1. The maximum absolute atomic E-state index is 13.7. The molecule has 12 heteroatoms. The molecule has 3 aliphatic rings. The van der Waals surface area contributed by atoms with Gasteiger partial charge >= 0.3 is 0 Å². The van der Waals surface area contributed by atoms with Crippen LogP contribution in [0.25, 0.3) is 28.1 Å². The lowest BCUT2D eigenvalue weighted by Crippen LogP contribution is -2.26. The van der Waals surface area contributed by atoms with Gasteiger partial charge in [-0.1, -0.05) is 46.1 Å². The SMILES string of the molecule is O=C1CCc2cc(-c3[nH]c(C4C5CC5c5cc(-c6cc(Cl)ccc6-n6cc(Cl)nn6)cc(=O)n54)nc3Cl)ccc2N1. The minimum Gasteiger partial charge on any atom is -0.339 e. The van der Waals surface area contributed by atoms with Gasteiger partial charge in [0.05, 0.1) is 23.6 Å². The molecule has 3 unspecified atom stereocenters. The Hall–Kier alpha value is -3.92. The standard InChI is InChI=1S/C29H20Cl3N7O2/c30-16-3-5-21(38-12-23(31)36-37-38)17(10-16)15-8-22-18-11-19(18)27(39(22)25(41)9-15)29-34-26(28(32)35-29)14-1-4-20-13(7-14)2-6-24(40)33-20/h1,3-5,7-10,12,18-19,27H,2,6,11H2,(H,33,40)(H,34,35). The molecule has 1 aliphatic carbocycles. The van der Waals surface area contributed by atoms with Gasteiger partial charge in [-0.3, -0.25) is 9.59 Å². The molecule has 8 rings (SSSR count). The highest BCUT2D eigenvalue weighted by Gasteiger charge is 2.54. The number of anilines is 1. The Morgan fingerprint density at radius 1 is 0.951 bits per heavy atom. The van der Waals surface area contributed by atoms with Crippen molar-refractivity contribution >= 4 is 46.4 Å². The third-order valence-electron chi connectivity index (χ3n) is 8.23. The molecule has 0 saturated heterocycles. The number of rotatable bonds is 4. The number of carbonyl (C=O) groups is 1. The minimum absolute atomic E-state index is 0.0222. The van der Waals surface area contributed by atoms with Crippen LogP contribution in [0.2, 0.25) is 15.3 Å². The van der Waals surface area contributed by atoms with E-state index < -0.39 is 0 Å². The van der Waals surface area contributed by atoms with Crippen LogP contribution >= 0.6 is 34.8 Å². The van der Waals surface area contributed by atoms with Gasteiger partial charge in [-0.25, -0.2) is 9.67 Å². The number of aromatic nitrogens is 6. The fraction of sp³-hybridized carbons (Fsp3) is 0.207. The normalized spacial score (nSPS) is 20.4. The zero-order valence-corrected chi connectivity index (χ0v) is 23.5. The summed E-state index contributed by atoms with van der Waals surface area (Å²) in [6.45, 7) is 0. The monoisotopic (exact) mass is 603 g/mol. The molecule has 3 atom stereocenters. The third-order valence-corrected chi connectivity index (χ3v) is 8.91. The first-order valence-electron chi connectivity index (χ1n) is 13.2. The number of pyridine rings is 1. The molecule has 2 aromatic carbocycles. The number of nitrogens with zero attached hydrogens (tertiary/aromatic N) is 5. The zero-order chi connectivity index (χ0) is 28.0. The van der Waals surface area contributed by atoms with Gasteiger partial charge in [0.2, 0.25) is 5.91 Å². The molecule has 2 N–H and O–H groups in total. The second-order valence-corrected chi connectivity index (χ2v) is 11.9. The van der Waals surface area contributed by atoms with E-state index in [0.717, 1.165) is 40.1 Å². The van der Waals surface area contributed by atoms with Crippen molar-refractivity contribution in [2.45, 2.75) is 31.2 Å². The average Bonchev–Trinajstić information content (AvgIpc) is 3.27. The second kappa shape index (κ2) is 9.04.